The standard InChI is InChI=1S/C24H27ClFN5O2/c1-32-21-12-17-20(13-22(21)33-2)29-24(31-9-7-16(8-10-31)27-15-4-5-15)30-23(17)28-19-6-3-14(25)11-18(19)26/h3,6,11-13,15-16,27H,4-5,7-10H2,1-2H3,(H,28,29,30). The molecule has 0 amide bonds. The minimum absolute atomic E-state index is 0.285. The molecule has 5 rings (SSSR count). The molecule has 2 aliphatic rings. The molecule has 0 unspecified atom stereocenters. The number of piperidine rings is 1. The second kappa shape index (κ2) is 9.19. The van der Waals surface area contributed by atoms with Gasteiger partial charge in [0.25, 0.3) is 0 Å². The van der Waals surface area contributed by atoms with Gasteiger partial charge in [0.1, 0.15) is 11.6 Å². The molecule has 0 bridgehead atoms. The maximum absolute atomic E-state index is 14.6. The van der Waals surface area contributed by atoms with Crippen LogP contribution in [0.1, 0.15) is 25.7 Å². The smallest absolute Gasteiger partial charge is 0.227 e. The third-order valence-corrected chi connectivity index (χ3v) is 6.44. The van der Waals surface area contributed by atoms with Crippen molar-refractivity contribution in [1.82, 2.24) is 15.3 Å². The number of rotatable bonds is 7. The van der Waals surface area contributed by atoms with Gasteiger partial charge in [-0.25, -0.2) is 9.37 Å². The van der Waals surface area contributed by atoms with Crippen molar-refractivity contribution in [2.24, 2.45) is 0 Å². The van der Waals surface area contributed by atoms with E-state index in [0.717, 1.165) is 25.9 Å². The average molecular weight is 472 g/mol. The van der Waals surface area contributed by atoms with Gasteiger partial charge in [0.15, 0.2) is 11.5 Å². The van der Waals surface area contributed by atoms with Crippen LogP contribution in [0.15, 0.2) is 30.3 Å². The van der Waals surface area contributed by atoms with Crippen molar-refractivity contribution in [3.8, 4) is 11.5 Å². The van der Waals surface area contributed by atoms with Gasteiger partial charge in [-0.05, 0) is 49.9 Å². The lowest BCUT2D eigenvalue weighted by atomic mass is 10.1. The highest BCUT2D eigenvalue weighted by Crippen LogP contribution is 2.36. The summed E-state index contributed by atoms with van der Waals surface area (Å²) in [6, 6.07) is 9.38. The summed E-state index contributed by atoms with van der Waals surface area (Å²) in [5.41, 5.74) is 0.972. The molecular weight excluding hydrogens is 445 g/mol. The molecule has 3 aromatic rings. The number of nitrogens with one attached hydrogen (secondary N) is 2. The average Bonchev–Trinajstić information content (AvgIpc) is 3.64. The highest BCUT2D eigenvalue weighted by molar-refractivity contribution is 6.30. The van der Waals surface area contributed by atoms with Crippen molar-refractivity contribution < 1.29 is 13.9 Å². The lowest BCUT2D eigenvalue weighted by Crippen LogP contribution is -2.43. The van der Waals surface area contributed by atoms with E-state index in [1.165, 1.54) is 18.9 Å². The van der Waals surface area contributed by atoms with Gasteiger partial charge in [-0.3, -0.25) is 0 Å². The number of nitrogens with zero attached hydrogens (tertiary/aromatic N) is 3. The fourth-order valence-electron chi connectivity index (χ4n) is 4.23. The number of ether oxygens (including phenoxy) is 2. The Morgan fingerprint density at radius 1 is 0.970 bits per heavy atom. The number of hydrogen-bond acceptors (Lipinski definition) is 7. The molecule has 2 aromatic carbocycles. The van der Waals surface area contributed by atoms with Crippen molar-refractivity contribution in [2.75, 3.05) is 37.5 Å². The number of benzene rings is 2. The fraction of sp³-hybridized carbons (Fsp3) is 0.417. The van der Waals surface area contributed by atoms with Crippen LogP contribution >= 0.6 is 11.6 Å². The van der Waals surface area contributed by atoms with Crippen LogP contribution in [-0.2, 0) is 0 Å². The van der Waals surface area contributed by atoms with E-state index in [1.54, 1.807) is 32.4 Å². The Morgan fingerprint density at radius 3 is 2.33 bits per heavy atom. The molecule has 1 aromatic heterocycles. The van der Waals surface area contributed by atoms with Crippen LogP contribution in [0, 0.1) is 5.82 Å². The van der Waals surface area contributed by atoms with Gasteiger partial charge in [0, 0.05) is 41.6 Å². The van der Waals surface area contributed by atoms with E-state index < -0.39 is 5.82 Å². The van der Waals surface area contributed by atoms with Gasteiger partial charge in [-0.2, -0.15) is 4.98 Å². The summed E-state index contributed by atoms with van der Waals surface area (Å²) < 4.78 is 25.5. The van der Waals surface area contributed by atoms with Crippen LogP contribution < -0.4 is 25.0 Å². The third kappa shape index (κ3) is 4.77. The molecule has 1 aliphatic heterocycles. The zero-order chi connectivity index (χ0) is 22.9. The first-order valence-electron chi connectivity index (χ1n) is 11.2. The summed E-state index contributed by atoms with van der Waals surface area (Å²) in [6.45, 7) is 1.72. The molecule has 0 atom stereocenters. The van der Waals surface area contributed by atoms with Gasteiger partial charge >= 0.3 is 0 Å². The van der Waals surface area contributed by atoms with Gasteiger partial charge in [-0.1, -0.05) is 11.6 Å². The first-order valence-corrected chi connectivity index (χ1v) is 11.6. The van der Waals surface area contributed by atoms with E-state index in [4.69, 9.17) is 31.0 Å². The van der Waals surface area contributed by atoms with Crippen LogP contribution in [0.25, 0.3) is 10.9 Å². The van der Waals surface area contributed by atoms with Gasteiger partial charge in [0.2, 0.25) is 5.95 Å². The molecule has 0 radical (unpaired) electrons. The zero-order valence-electron chi connectivity index (χ0n) is 18.7. The highest BCUT2D eigenvalue weighted by atomic mass is 35.5. The van der Waals surface area contributed by atoms with Crippen LogP contribution in [0.4, 0.5) is 21.8 Å². The zero-order valence-corrected chi connectivity index (χ0v) is 19.5. The number of anilines is 3. The van der Waals surface area contributed by atoms with Crippen molar-refractivity contribution in [3.05, 3.63) is 41.2 Å². The summed E-state index contributed by atoms with van der Waals surface area (Å²) in [5.74, 6) is 1.77. The van der Waals surface area contributed by atoms with E-state index in [0.29, 0.717) is 51.3 Å². The Balaban J connectivity index is 1.51. The molecule has 9 heteroatoms. The topological polar surface area (TPSA) is 71.5 Å². The lowest BCUT2D eigenvalue weighted by molar-refractivity contribution is 0.356. The summed E-state index contributed by atoms with van der Waals surface area (Å²) in [6.07, 6.45) is 4.65. The molecule has 7 nitrogen and oxygen atoms in total. The number of hydrogen-bond donors (Lipinski definition) is 2. The molecule has 33 heavy (non-hydrogen) atoms. The normalized spacial score (nSPS) is 16.8. The summed E-state index contributed by atoms with van der Waals surface area (Å²) in [5, 5.41) is 7.89. The second-order valence-corrected chi connectivity index (χ2v) is 8.98. The van der Waals surface area contributed by atoms with Crippen LogP contribution in [-0.4, -0.2) is 49.4 Å². The highest BCUT2D eigenvalue weighted by Gasteiger charge is 2.28. The quantitative estimate of drug-likeness (QED) is 0.507. The van der Waals surface area contributed by atoms with Crippen molar-refractivity contribution >= 4 is 40.0 Å². The molecule has 2 N–H and O–H groups in total. The number of halogens is 2. The van der Waals surface area contributed by atoms with Crippen molar-refractivity contribution in [1.29, 1.82) is 0 Å². The van der Waals surface area contributed by atoms with E-state index in [1.807, 2.05) is 6.07 Å². The van der Waals surface area contributed by atoms with Crippen LogP contribution in [0.3, 0.4) is 0 Å². The first-order chi connectivity index (χ1) is 16.0. The van der Waals surface area contributed by atoms with Crippen LogP contribution in [0.5, 0.6) is 11.5 Å². The van der Waals surface area contributed by atoms with E-state index in [2.05, 4.69) is 15.5 Å². The lowest BCUT2D eigenvalue weighted by Gasteiger charge is -2.33. The Morgan fingerprint density at radius 2 is 1.67 bits per heavy atom. The number of fused-ring (bicyclic) bond motifs is 1. The predicted molar refractivity (Wildman–Crippen MR) is 129 cm³/mol. The molecule has 1 saturated carbocycles. The van der Waals surface area contributed by atoms with Crippen molar-refractivity contribution in [3.63, 3.8) is 0 Å². The van der Waals surface area contributed by atoms with E-state index in [9.17, 15) is 4.39 Å². The minimum Gasteiger partial charge on any atom is -0.493 e. The Bertz CT molecular complexity index is 1170. The SMILES string of the molecule is COc1cc2nc(N3CCC(NC4CC4)CC3)nc(Nc3ccc(Cl)cc3F)c2cc1OC. The van der Waals surface area contributed by atoms with Gasteiger partial charge in [0.05, 0.1) is 25.4 Å². The first kappa shape index (κ1) is 22.0. The molecule has 174 valence electrons. The maximum atomic E-state index is 14.6. The number of methoxy groups -OCH3 is 2. The Kier molecular flexibility index (Phi) is 6.12. The second-order valence-electron chi connectivity index (χ2n) is 8.55. The third-order valence-electron chi connectivity index (χ3n) is 6.20. The molecule has 2 heterocycles. The summed E-state index contributed by atoms with van der Waals surface area (Å²) in [4.78, 5) is 11.8. The molecule has 1 saturated heterocycles. The Hall–Kier alpha value is -2.84. The fourth-order valence-corrected chi connectivity index (χ4v) is 4.39. The molecule has 1 aliphatic carbocycles. The maximum Gasteiger partial charge on any atom is 0.227 e. The largest absolute Gasteiger partial charge is 0.493 e. The Labute approximate surface area is 197 Å². The van der Waals surface area contributed by atoms with Gasteiger partial charge < -0.3 is 25.0 Å². The molecule has 2 fully saturated rings. The van der Waals surface area contributed by atoms with Gasteiger partial charge in [-0.15, -0.1) is 0 Å². The predicted octanol–water partition coefficient (Wildman–Crippen LogP) is 4.90. The molecular formula is C24H27ClFN5O2. The van der Waals surface area contributed by atoms with Crippen LogP contribution in [0.2, 0.25) is 5.02 Å². The van der Waals surface area contributed by atoms with E-state index >= 15 is 0 Å². The summed E-state index contributed by atoms with van der Waals surface area (Å²) >= 11 is 5.93. The number of aromatic nitrogens is 2. The monoisotopic (exact) mass is 471 g/mol. The van der Waals surface area contributed by atoms with Crippen molar-refractivity contribution in [2.45, 2.75) is 37.8 Å². The summed E-state index contributed by atoms with van der Waals surface area (Å²) in [7, 11) is 3.16. The minimum atomic E-state index is -0.455. The molecule has 0 spiro atoms. The van der Waals surface area contributed by atoms with E-state index in [-0.39, 0.29) is 5.69 Å².